The number of benzene rings is 1. The van der Waals surface area contributed by atoms with Crippen molar-refractivity contribution in [3.8, 4) is 0 Å². The van der Waals surface area contributed by atoms with Crippen LogP contribution in [0.15, 0.2) is 30.9 Å². The molecule has 0 aliphatic rings. The largest absolute Gasteiger partial charge is 0.294 e. The molecule has 92 valence electrons. The zero-order valence-corrected chi connectivity index (χ0v) is 9.72. The third kappa shape index (κ3) is 4.47. The van der Waals surface area contributed by atoms with Gasteiger partial charge in [0.2, 0.25) is 0 Å². The minimum absolute atomic E-state index is 0.0184. The van der Waals surface area contributed by atoms with E-state index in [1.54, 1.807) is 0 Å². The van der Waals surface area contributed by atoms with Crippen LogP contribution in [-0.4, -0.2) is 5.78 Å². The van der Waals surface area contributed by atoms with Gasteiger partial charge in [0, 0.05) is 12.5 Å². The summed E-state index contributed by atoms with van der Waals surface area (Å²) in [6.07, 6.45) is 5.70. The smallest absolute Gasteiger partial charge is 0.165 e. The van der Waals surface area contributed by atoms with E-state index in [1.807, 2.05) is 6.08 Å². The first kappa shape index (κ1) is 13.6. The maximum absolute atomic E-state index is 13.3. The molecule has 0 heterocycles. The number of allylic oxidation sites excluding steroid dienone is 1. The van der Waals surface area contributed by atoms with Crippen molar-refractivity contribution in [2.45, 2.75) is 32.1 Å². The maximum atomic E-state index is 13.3. The summed E-state index contributed by atoms with van der Waals surface area (Å²) < 4.78 is 25.9. The molecular weight excluding hydrogens is 222 g/mol. The summed E-state index contributed by atoms with van der Waals surface area (Å²) in [6.45, 7) is 3.61. The molecule has 0 aliphatic heterocycles. The van der Waals surface area contributed by atoms with Crippen LogP contribution < -0.4 is 0 Å². The Morgan fingerprint density at radius 3 is 2.65 bits per heavy atom. The Hall–Kier alpha value is -1.51. The fourth-order valence-corrected chi connectivity index (χ4v) is 1.60. The second-order valence-electron chi connectivity index (χ2n) is 3.94. The Morgan fingerprint density at radius 1 is 1.24 bits per heavy atom. The van der Waals surface area contributed by atoms with Crippen molar-refractivity contribution in [3.05, 3.63) is 48.1 Å². The molecule has 1 aromatic rings. The molecule has 0 amide bonds. The standard InChI is InChI=1S/C14H16F2O/c1-2-3-4-5-6-7-14(17)12-9-8-11(15)10-13(12)16/h2,8-10H,1,3-7H2. The average molecular weight is 238 g/mol. The molecule has 0 radical (unpaired) electrons. The van der Waals surface area contributed by atoms with Crippen LogP contribution in [0.2, 0.25) is 0 Å². The van der Waals surface area contributed by atoms with Gasteiger partial charge < -0.3 is 0 Å². The molecule has 0 spiro atoms. The van der Waals surface area contributed by atoms with E-state index in [0.29, 0.717) is 6.42 Å². The van der Waals surface area contributed by atoms with Crippen molar-refractivity contribution in [3.63, 3.8) is 0 Å². The Morgan fingerprint density at radius 2 is 2.00 bits per heavy atom. The highest BCUT2D eigenvalue weighted by Crippen LogP contribution is 2.14. The molecule has 0 aromatic heterocycles. The summed E-state index contributed by atoms with van der Waals surface area (Å²) in [4.78, 5) is 11.6. The number of Topliss-reactive ketones (excluding diaryl/α,β-unsaturated/α-hetero) is 1. The summed E-state index contributed by atoms with van der Waals surface area (Å²) in [5.74, 6) is -1.70. The van der Waals surface area contributed by atoms with Crippen LogP contribution in [0.1, 0.15) is 42.5 Å². The van der Waals surface area contributed by atoms with Crippen molar-refractivity contribution in [1.82, 2.24) is 0 Å². The van der Waals surface area contributed by atoms with Gasteiger partial charge in [0.1, 0.15) is 11.6 Å². The fourth-order valence-electron chi connectivity index (χ4n) is 1.60. The maximum Gasteiger partial charge on any atom is 0.165 e. The Kier molecular flexibility index (Phi) is 5.53. The molecule has 0 saturated carbocycles. The van der Waals surface area contributed by atoms with Gasteiger partial charge in [-0.2, -0.15) is 0 Å². The van der Waals surface area contributed by atoms with Crippen molar-refractivity contribution in [2.75, 3.05) is 0 Å². The molecule has 0 bridgehead atoms. The Balaban J connectivity index is 2.44. The minimum Gasteiger partial charge on any atom is -0.294 e. The van der Waals surface area contributed by atoms with E-state index in [-0.39, 0.29) is 11.3 Å². The van der Waals surface area contributed by atoms with Gasteiger partial charge in [-0.3, -0.25) is 4.79 Å². The van der Waals surface area contributed by atoms with E-state index in [1.165, 1.54) is 6.07 Å². The van der Waals surface area contributed by atoms with Gasteiger partial charge in [-0.15, -0.1) is 6.58 Å². The normalized spacial score (nSPS) is 10.2. The van der Waals surface area contributed by atoms with Crippen molar-refractivity contribution >= 4 is 5.78 Å². The lowest BCUT2D eigenvalue weighted by Crippen LogP contribution is -2.02. The molecule has 0 saturated heterocycles. The van der Waals surface area contributed by atoms with Crippen molar-refractivity contribution < 1.29 is 13.6 Å². The van der Waals surface area contributed by atoms with E-state index >= 15 is 0 Å². The molecule has 3 heteroatoms. The molecule has 1 rings (SSSR count). The highest BCUT2D eigenvalue weighted by atomic mass is 19.1. The third-order valence-electron chi connectivity index (χ3n) is 2.54. The quantitative estimate of drug-likeness (QED) is 0.393. The number of carbonyl (C=O) groups excluding carboxylic acids is 1. The van der Waals surface area contributed by atoms with Gasteiger partial charge in [0.15, 0.2) is 5.78 Å². The summed E-state index contributed by atoms with van der Waals surface area (Å²) in [5, 5.41) is 0. The van der Waals surface area contributed by atoms with Crippen LogP contribution in [-0.2, 0) is 0 Å². The van der Waals surface area contributed by atoms with Crippen LogP contribution in [0.25, 0.3) is 0 Å². The van der Waals surface area contributed by atoms with E-state index < -0.39 is 11.6 Å². The summed E-state index contributed by atoms with van der Waals surface area (Å²) in [7, 11) is 0. The molecule has 0 aliphatic carbocycles. The number of unbranched alkanes of at least 4 members (excludes halogenated alkanes) is 3. The fraction of sp³-hybridized carbons (Fsp3) is 0.357. The predicted octanol–water partition coefficient (Wildman–Crippen LogP) is 4.28. The second-order valence-corrected chi connectivity index (χ2v) is 3.94. The van der Waals surface area contributed by atoms with Crippen LogP contribution in [0.3, 0.4) is 0 Å². The summed E-state index contributed by atoms with van der Waals surface area (Å²) in [5.41, 5.74) is -0.0184. The first-order chi connectivity index (χ1) is 8.15. The van der Waals surface area contributed by atoms with Crippen LogP contribution in [0.5, 0.6) is 0 Å². The SMILES string of the molecule is C=CCCCCCC(=O)c1ccc(F)cc1F. The first-order valence-electron chi connectivity index (χ1n) is 5.74. The Bertz CT molecular complexity index is 399. The molecule has 0 N–H and O–H groups in total. The zero-order chi connectivity index (χ0) is 12.7. The monoisotopic (exact) mass is 238 g/mol. The van der Waals surface area contributed by atoms with Gasteiger partial charge in [0.05, 0.1) is 5.56 Å². The molecule has 1 nitrogen and oxygen atoms in total. The molecule has 0 unspecified atom stereocenters. The minimum atomic E-state index is -0.777. The van der Waals surface area contributed by atoms with Crippen LogP contribution in [0.4, 0.5) is 8.78 Å². The first-order valence-corrected chi connectivity index (χ1v) is 5.74. The Labute approximate surface area is 100 Å². The highest BCUT2D eigenvalue weighted by Gasteiger charge is 2.11. The van der Waals surface area contributed by atoms with Crippen LogP contribution in [0, 0.1) is 11.6 Å². The van der Waals surface area contributed by atoms with E-state index in [0.717, 1.165) is 37.8 Å². The topological polar surface area (TPSA) is 17.1 Å². The lowest BCUT2D eigenvalue weighted by molar-refractivity contribution is 0.0975. The molecule has 0 fully saturated rings. The van der Waals surface area contributed by atoms with Gasteiger partial charge in [0.25, 0.3) is 0 Å². The van der Waals surface area contributed by atoms with E-state index in [4.69, 9.17) is 0 Å². The number of carbonyl (C=O) groups is 1. The van der Waals surface area contributed by atoms with Crippen molar-refractivity contribution in [1.29, 1.82) is 0 Å². The van der Waals surface area contributed by atoms with Gasteiger partial charge in [-0.1, -0.05) is 12.5 Å². The zero-order valence-electron chi connectivity index (χ0n) is 9.72. The van der Waals surface area contributed by atoms with Gasteiger partial charge in [-0.05, 0) is 31.4 Å². The second kappa shape index (κ2) is 6.94. The molecule has 1 aromatic carbocycles. The number of rotatable bonds is 7. The highest BCUT2D eigenvalue weighted by molar-refractivity contribution is 5.96. The molecule has 0 atom stereocenters. The molecular formula is C14H16F2O. The number of halogens is 2. The third-order valence-corrected chi connectivity index (χ3v) is 2.54. The van der Waals surface area contributed by atoms with E-state index in [2.05, 4.69) is 6.58 Å². The lowest BCUT2D eigenvalue weighted by Gasteiger charge is -2.02. The van der Waals surface area contributed by atoms with Gasteiger partial charge in [-0.25, -0.2) is 8.78 Å². The summed E-state index contributed by atoms with van der Waals surface area (Å²) >= 11 is 0. The predicted molar refractivity (Wildman–Crippen MR) is 64.0 cm³/mol. The lowest BCUT2D eigenvalue weighted by atomic mass is 10.0. The number of hydrogen-bond acceptors (Lipinski definition) is 1. The average Bonchev–Trinajstić information content (AvgIpc) is 2.28. The van der Waals surface area contributed by atoms with Crippen molar-refractivity contribution in [2.24, 2.45) is 0 Å². The summed E-state index contributed by atoms with van der Waals surface area (Å²) in [6, 6.07) is 3.05. The van der Waals surface area contributed by atoms with E-state index in [9.17, 15) is 13.6 Å². The number of hydrogen-bond donors (Lipinski definition) is 0. The molecule has 17 heavy (non-hydrogen) atoms. The number of ketones is 1. The van der Waals surface area contributed by atoms with Gasteiger partial charge >= 0.3 is 0 Å². The van der Waals surface area contributed by atoms with Crippen LogP contribution >= 0.6 is 0 Å².